The number of hydrogen-bond acceptors (Lipinski definition) is 4. The van der Waals surface area contributed by atoms with E-state index >= 15 is 0 Å². The van der Waals surface area contributed by atoms with E-state index in [0.717, 1.165) is 37.3 Å². The molecule has 1 fully saturated rings. The molecule has 0 bridgehead atoms. The molecule has 24 heavy (non-hydrogen) atoms. The number of aromatic nitrogens is 3. The van der Waals surface area contributed by atoms with Gasteiger partial charge in [-0.05, 0) is 36.6 Å². The van der Waals surface area contributed by atoms with Gasteiger partial charge in [0.25, 0.3) is 0 Å². The predicted molar refractivity (Wildman–Crippen MR) is 93.3 cm³/mol. The minimum absolute atomic E-state index is 0.0448. The van der Waals surface area contributed by atoms with Crippen molar-refractivity contribution in [3.63, 3.8) is 0 Å². The van der Waals surface area contributed by atoms with Gasteiger partial charge in [-0.25, -0.2) is 9.97 Å². The Labute approximate surface area is 141 Å². The molecular formula is C19H22N4O. The molecule has 5 nitrogen and oxygen atoms in total. The minimum atomic E-state index is -0.0448. The Bertz CT molecular complexity index is 815. The summed E-state index contributed by atoms with van der Waals surface area (Å²) in [5.74, 6) is 1.28. The number of aliphatic hydroxyl groups excluding tert-OH is 1. The summed E-state index contributed by atoms with van der Waals surface area (Å²) in [5.41, 5.74) is 3.10. The first-order chi connectivity index (χ1) is 11.8. The third-order valence-electron chi connectivity index (χ3n) is 4.78. The zero-order chi connectivity index (χ0) is 16.4. The molecule has 1 saturated heterocycles. The SMILES string of the molecule is OCc1nc2cccnc2n1C[C@@H]1CCN(Cc2ccccc2)C1. The Morgan fingerprint density at radius 3 is 2.83 bits per heavy atom. The summed E-state index contributed by atoms with van der Waals surface area (Å²) in [6.45, 7) is 4.03. The maximum absolute atomic E-state index is 9.62. The van der Waals surface area contributed by atoms with Crippen molar-refractivity contribution in [3.05, 3.63) is 60.0 Å². The van der Waals surface area contributed by atoms with Crippen LogP contribution in [-0.2, 0) is 19.7 Å². The lowest BCUT2D eigenvalue weighted by atomic mass is 10.1. The van der Waals surface area contributed by atoms with E-state index in [-0.39, 0.29) is 6.61 Å². The van der Waals surface area contributed by atoms with Gasteiger partial charge in [0.2, 0.25) is 0 Å². The number of hydrogen-bond donors (Lipinski definition) is 1. The lowest BCUT2D eigenvalue weighted by Gasteiger charge is -2.17. The summed E-state index contributed by atoms with van der Waals surface area (Å²) in [7, 11) is 0. The van der Waals surface area contributed by atoms with Gasteiger partial charge in [-0.2, -0.15) is 0 Å². The van der Waals surface area contributed by atoms with Crippen LogP contribution in [0.1, 0.15) is 17.8 Å². The highest BCUT2D eigenvalue weighted by atomic mass is 16.3. The van der Waals surface area contributed by atoms with E-state index in [1.54, 1.807) is 6.20 Å². The van der Waals surface area contributed by atoms with E-state index in [2.05, 4.69) is 49.8 Å². The fourth-order valence-electron chi connectivity index (χ4n) is 3.62. The molecule has 0 unspecified atom stereocenters. The van der Waals surface area contributed by atoms with Crippen molar-refractivity contribution >= 4 is 11.2 Å². The number of rotatable bonds is 5. The van der Waals surface area contributed by atoms with Crippen molar-refractivity contribution in [2.24, 2.45) is 5.92 Å². The van der Waals surface area contributed by atoms with Crippen LogP contribution < -0.4 is 0 Å². The van der Waals surface area contributed by atoms with Gasteiger partial charge in [-0.3, -0.25) is 4.90 Å². The molecule has 124 valence electrons. The Morgan fingerprint density at radius 1 is 1.12 bits per heavy atom. The summed E-state index contributed by atoms with van der Waals surface area (Å²) < 4.78 is 2.09. The van der Waals surface area contributed by atoms with Crippen molar-refractivity contribution in [1.29, 1.82) is 0 Å². The molecule has 1 aliphatic rings. The third-order valence-corrected chi connectivity index (χ3v) is 4.78. The van der Waals surface area contributed by atoms with Crippen molar-refractivity contribution < 1.29 is 5.11 Å². The second-order valence-corrected chi connectivity index (χ2v) is 6.52. The number of likely N-dealkylation sites (tertiary alicyclic amines) is 1. The molecule has 1 atom stereocenters. The largest absolute Gasteiger partial charge is 0.388 e. The molecule has 4 rings (SSSR count). The van der Waals surface area contributed by atoms with Crippen LogP contribution in [0.15, 0.2) is 48.7 Å². The maximum Gasteiger partial charge on any atom is 0.160 e. The number of pyridine rings is 1. The highest BCUT2D eigenvalue weighted by Gasteiger charge is 2.24. The smallest absolute Gasteiger partial charge is 0.160 e. The molecule has 0 spiro atoms. The molecule has 0 amide bonds. The predicted octanol–water partition coefficient (Wildman–Crippen LogP) is 2.45. The number of imidazole rings is 1. The van der Waals surface area contributed by atoms with Crippen LogP contribution >= 0.6 is 0 Å². The average molecular weight is 322 g/mol. The summed E-state index contributed by atoms with van der Waals surface area (Å²) in [6, 6.07) is 14.5. The van der Waals surface area contributed by atoms with Crippen molar-refractivity contribution in [2.45, 2.75) is 26.1 Å². The fraction of sp³-hybridized carbons (Fsp3) is 0.368. The molecule has 0 aliphatic carbocycles. The second-order valence-electron chi connectivity index (χ2n) is 6.52. The Kier molecular flexibility index (Phi) is 4.28. The van der Waals surface area contributed by atoms with Gasteiger partial charge in [-0.1, -0.05) is 30.3 Å². The lowest BCUT2D eigenvalue weighted by molar-refractivity contribution is 0.260. The first kappa shape index (κ1) is 15.3. The van der Waals surface area contributed by atoms with Gasteiger partial charge in [-0.15, -0.1) is 0 Å². The van der Waals surface area contributed by atoms with Gasteiger partial charge in [0, 0.05) is 25.8 Å². The molecule has 0 radical (unpaired) electrons. The summed E-state index contributed by atoms with van der Waals surface area (Å²) >= 11 is 0. The molecule has 3 heterocycles. The van der Waals surface area contributed by atoms with Crippen LogP contribution in [0.3, 0.4) is 0 Å². The minimum Gasteiger partial charge on any atom is -0.388 e. The van der Waals surface area contributed by atoms with Crippen LogP contribution in [0.25, 0.3) is 11.2 Å². The highest BCUT2D eigenvalue weighted by molar-refractivity contribution is 5.71. The molecular weight excluding hydrogens is 300 g/mol. The van der Waals surface area contributed by atoms with Crippen LogP contribution in [0.2, 0.25) is 0 Å². The first-order valence-corrected chi connectivity index (χ1v) is 8.51. The third kappa shape index (κ3) is 3.05. The van der Waals surface area contributed by atoms with E-state index in [1.165, 1.54) is 12.0 Å². The van der Waals surface area contributed by atoms with Crippen LogP contribution in [0.5, 0.6) is 0 Å². The molecule has 3 aromatic rings. The topological polar surface area (TPSA) is 54.2 Å². The molecule has 1 aliphatic heterocycles. The summed E-state index contributed by atoms with van der Waals surface area (Å²) in [6.07, 6.45) is 2.96. The number of benzene rings is 1. The zero-order valence-corrected chi connectivity index (χ0v) is 13.7. The molecule has 0 saturated carbocycles. The van der Waals surface area contributed by atoms with E-state index in [4.69, 9.17) is 0 Å². The normalized spacial score (nSPS) is 18.5. The fourth-order valence-corrected chi connectivity index (χ4v) is 3.62. The van der Waals surface area contributed by atoms with Crippen LogP contribution in [-0.4, -0.2) is 37.6 Å². The van der Waals surface area contributed by atoms with E-state index in [0.29, 0.717) is 11.7 Å². The average Bonchev–Trinajstić information content (AvgIpc) is 3.21. The quantitative estimate of drug-likeness (QED) is 0.784. The maximum atomic E-state index is 9.62. The standard InChI is InChI=1S/C19H22N4O/c24-14-18-21-17-7-4-9-20-19(17)23(18)13-16-8-10-22(12-16)11-15-5-2-1-3-6-15/h1-7,9,16,24H,8,10-14H2/t16-/m1/s1. The summed E-state index contributed by atoms with van der Waals surface area (Å²) in [5, 5.41) is 9.62. The Hall–Kier alpha value is -2.24. The van der Waals surface area contributed by atoms with Gasteiger partial charge in [0.05, 0.1) is 0 Å². The molecule has 1 N–H and O–H groups in total. The molecule has 5 heteroatoms. The summed E-state index contributed by atoms with van der Waals surface area (Å²) in [4.78, 5) is 11.5. The zero-order valence-electron chi connectivity index (χ0n) is 13.7. The van der Waals surface area contributed by atoms with Crippen LogP contribution in [0.4, 0.5) is 0 Å². The van der Waals surface area contributed by atoms with Crippen molar-refractivity contribution in [1.82, 2.24) is 19.4 Å². The van der Waals surface area contributed by atoms with Gasteiger partial charge in [0.1, 0.15) is 17.9 Å². The van der Waals surface area contributed by atoms with Gasteiger partial charge < -0.3 is 9.67 Å². The molecule has 2 aromatic heterocycles. The lowest BCUT2D eigenvalue weighted by Crippen LogP contribution is -2.22. The monoisotopic (exact) mass is 322 g/mol. The Balaban J connectivity index is 1.47. The number of nitrogens with zero attached hydrogens (tertiary/aromatic N) is 4. The Morgan fingerprint density at radius 2 is 2.00 bits per heavy atom. The highest BCUT2D eigenvalue weighted by Crippen LogP contribution is 2.23. The van der Waals surface area contributed by atoms with E-state index in [1.807, 2.05) is 12.1 Å². The van der Waals surface area contributed by atoms with Crippen LogP contribution in [0, 0.1) is 5.92 Å². The molecule has 1 aromatic carbocycles. The van der Waals surface area contributed by atoms with E-state index < -0.39 is 0 Å². The number of aliphatic hydroxyl groups is 1. The van der Waals surface area contributed by atoms with Gasteiger partial charge in [0.15, 0.2) is 5.65 Å². The first-order valence-electron chi connectivity index (χ1n) is 8.51. The van der Waals surface area contributed by atoms with Crippen molar-refractivity contribution in [2.75, 3.05) is 13.1 Å². The van der Waals surface area contributed by atoms with E-state index in [9.17, 15) is 5.11 Å². The second kappa shape index (κ2) is 6.71. The van der Waals surface area contributed by atoms with Crippen molar-refractivity contribution in [3.8, 4) is 0 Å². The van der Waals surface area contributed by atoms with Gasteiger partial charge >= 0.3 is 0 Å². The number of fused-ring (bicyclic) bond motifs is 1.